The predicted octanol–water partition coefficient (Wildman–Crippen LogP) is 3.42. The second-order valence-electron chi connectivity index (χ2n) is 6.67. The molecule has 0 aromatic heterocycles. The minimum Gasteiger partial charge on any atom is -0.294 e. The lowest BCUT2D eigenvalue weighted by Gasteiger charge is -2.31. The highest BCUT2D eigenvalue weighted by molar-refractivity contribution is 7.88. The van der Waals surface area contributed by atoms with Crippen LogP contribution < -0.4 is 0 Å². The third-order valence-electron chi connectivity index (χ3n) is 4.68. The molecule has 0 radical (unpaired) electrons. The Bertz CT molecular complexity index is 829. The van der Waals surface area contributed by atoms with Gasteiger partial charge in [0.2, 0.25) is 10.0 Å². The lowest BCUT2D eigenvalue weighted by atomic mass is 9.91. The summed E-state index contributed by atoms with van der Waals surface area (Å²) >= 11 is 0. The van der Waals surface area contributed by atoms with Crippen LogP contribution in [0.15, 0.2) is 54.6 Å². The molecule has 0 spiro atoms. The van der Waals surface area contributed by atoms with Crippen molar-refractivity contribution in [3.05, 3.63) is 71.3 Å². The second-order valence-corrected chi connectivity index (χ2v) is 8.64. The molecule has 1 fully saturated rings. The smallest absolute Gasteiger partial charge is 0.218 e. The molecule has 0 saturated carbocycles. The zero-order valence-corrected chi connectivity index (χ0v) is 15.2. The van der Waals surface area contributed by atoms with E-state index in [4.69, 9.17) is 0 Å². The zero-order valence-electron chi connectivity index (χ0n) is 14.4. The van der Waals surface area contributed by atoms with Gasteiger partial charge < -0.3 is 0 Å². The van der Waals surface area contributed by atoms with Gasteiger partial charge in [-0.15, -0.1) is 0 Å². The Hall–Kier alpha value is -1.98. The molecule has 0 amide bonds. The van der Waals surface area contributed by atoms with E-state index in [2.05, 4.69) is 0 Å². The van der Waals surface area contributed by atoms with Crippen molar-refractivity contribution in [2.75, 3.05) is 13.1 Å². The molecule has 1 unspecified atom stereocenters. The van der Waals surface area contributed by atoms with E-state index in [-0.39, 0.29) is 24.0 Å². The molecule has 5 heteroatoms. The lowest BCUT2D eigenvalue weighted by Crippen LogP contribution is -2.42. The molecular formula is C20H23NO3S. The van der Waals surface area contributed by atoms with Crippen LogP contribution in [0.25, 0.3) is 0 Å². The van der Waals surface area contributed by atoms with E-state index < -0.39 is 10.0 Å². The maximum absolute atomic E-state index is 12.8. The fourth-order valence-electron chi connectivity index (χ4n) is 3.23. The van der Waals surface area contributed by atoms with E-state index >= 15 is 0 Å². The van der Waals surface area contributed by atoms with Crippen LogP contribution in [0.2, 0.25) is 0 Å². The van der Waals surface area contributed by atoms with E-state index in [0.29, 0.717) is 12.1 Å². The number of benzene rings is 2. The zero-order chi connectivity index (χ0) is 17.9. The summed E-state index contributed by atoms with van der Waals surface area (Å²) in [6.07, 6.45) is 1.46. The maximum atomic E-state index is 12.8. The van der Waals surface area contributed by atoms with Gasteiger partial charge in [0.1, 0.15) is 0 Å². The number of Topliss-reactive ketones (excluding diaryl/α,β-unsaturated/α-hetero) is 1. The molecule has 0 bridgehead atoms. The van der Waals surface area contributed by atoms with Crippen molar-refractivity contribution >= 4 is 15.8 Å². The molecule has 1 saturated heterocycles. The molecule has 4 nitrogen and oxygen atoms in total. The fraction of sp³-hybridized carbons (Fsp3) is 0.350. The minimum absolute atomic E-state index is 0.0144. The van der Waals surface area contributed by atoms with Crippen LogP contribution in [0.5, 0.6) is 0 Å². The van der Waals surface area contributed by atoms with Crippen molar-refractivity contribution in [3.63, 3.8) is 0 Å². The van der Waals surface area contributed by atoms with Gasteiger partial charge in [0.25, 0.3) is 0 Å². The number of piperidine rings is 1. The first-order valence-corrected chi connectivity index (χ1v) is 10.2. The Morgan fingerprint density at radius 1 is 1.08 bits per heavy atom. The number of hydrogen-bond acceptors (Lipinski definition) is 3. The van der Waals surface area contributed by atoms with Crippen LogP contribution in [-0.4, -0.2) is 31.6 Å². The Balaban J connectivity index is 1.71. The number of hydrogen-bond donors (Lipinski definition) is 0. The van der Waals surface area contributed by atoms with Gasteiger partial charge >= 0.3 is 0 Å². The SMILES string of the molecule is Cc1ccc(CS(=O)(=O)N2CCCC(C(=O)c3ccccc3)C2)cc1. The van der Waals surface area contributed by atoms with Crippen LogP contribution in [0.3, 0.4) is 0 Å². The summed E-state index contributed by atoms with van der Waals surface area (Å²) in [7, 11) is -3.42. The summed E-state index contributed by atoms with van der Waals surface area (Å²) in [5, 5.41) is 0. The van der Waals surface area contributed by atoms with Crippen LogP contribution in [-0.2, 0) is 15.8 Å². The number of rotatable bonds is 5. The van der Waals surface area contributed by atoms with Crippen molar-refractivity contribution in [1.29, 1.82) is 0 Å². The van der Waals surface area contributed by atoms with Gasteiger partial charge in [-0.3, -0.25) is 4.79 Å². The summed E-state index contributed by atoms with van der Waals surface area (Å²) in [4.78, 5) is 12.6. The van der Waals surface area contributed by atoms with Crippen molar-refractivity contribution in [2.45, 2.75) is 25.5 Å². The Morgan fingerprint density at radius 2 is 1.76 bits per heavy atom. The van der Waals surface area contributed by atoms with E-state index in [9.17, 15) is 13.2 Å². The quantitative estimate of drug-likeness (QED) is 0.771. The Kier molecular flexibility index (Phi) is 5.35. The summed E-state index contributed by atoms with van der Waals surface area (Å²) in [6, 6.07) is 16.7. The third kappa shape index (κ3) is 4.35. The van der Waals surface area contributed by atoms with Crippen LogP contribution in [0.1, 0.15) is 34.3 Å². The van der Waals surface area contributed by atoms with E-state index in [1.165, 1.54) is 4.31 Å². The summed E-state index contributed by atoms with van der Waals surface area (Å²) in [5.74, 6) is -0.237. The molecule has 3 rings (SSSR count). The number of ketones is 1. The molecule has 25 heavy (non-hydrogen) atoms. The first-order valence-electron chi connectivity index (χ1n) is 8.58. The molecule has 132 valence electrons. The van der Waals surface area contributed by atoms with Crippen molar-refractivity contribution in [1.82, 2.24) is 4.31 Å². The van der Waals surface area contributed by atoms with Gasteiger partial charge in [-0.2, -0.15) is 0 Å². The minimum atomic E-state index is -3.42. The Labute approximate surface area is 149 Å². The summed E-state index contributed by atoms with van der Waals surface area (Å²) in [5.41, 5.74) is 2.54. The van der Waals surface area contributed by atoms with Crippen molar-refractivity contribution < 1.29 is 13.2 Å². The van der Waals surface area contributed by atoms with Gasteiger partial charge in [0.15, 0.2) is 5.78 Å². The van der Waals surface area contributed by atoms with Crippen LogP contribution in [0, 0.1) is 12.8 Å². The Morgan fingerprint density at radius 3 is 2.44 bits per heavy atom. The highest BCUT2D eigenvalue weighted by Gasteiger charge is 2.32. The molecule has 1 atom stereocenters. The molecule has 2 aromatic carbocycles. The highest BCUT2D eigenvalue weighted by atomic mass is 32.2. The average molecular weight is 357 g/mol. The van der Waals surface area contributed by atoms with Crippen LogP contribution in [0.4, 0.5) is 0 Å². The summed E-state index contributed by atoms with van der Waals surface area (Å²) in [6.45, 7) is 2.75. The third-order valence-corrected chi connectivity index (χ3v) is 6.49. The first-order chi connectivity index (χ1) is 12.0. The fourth-order valence-corrected chi connectivity index (χ4v) is 4.84. The normalized spacial score (nSPS) is 18.8. The second kappa shape index (κ2) is 7.50. The van der Waals surface area contributed by atoms with Crippen LogP contribution >= 0.6 is 0 Å². The highest BCUT2D eigenvalue weighted by Crippen LogP contribution is 2.24. The number of carbonyl (C=O) groups excluding carboxylic acids is 1. The van der Waals surface area contributed by atoms with E-state index in [1.807, 2.05) is 49.4 Å². The van der Waals surface area contributed by atoms with Gasteiger partial charge in [0.05, 0.1) is 5.75 Å². The molecular weight excluding hydrogens is 334 g/mol. The molecule has 1 aliphatic heterocycles. The lowest BCUT2D eigenvalue weighted by molar-refractivity contribution is 0.0872. The van der Waals surface area contributed by atoms with E-state index in [1.54, 1.807) is 12.1 Å². The number of aryl methyl sites for hydroxylation is 1. The topological polar surface area (TPSA) is 54.5 Å². The molecule has 0 N–H and O–H groups in total. The van der Waals surface area contributed by atoms with Gasteiger partial charge in [0, 0.05) is 24.6 Å². The van der Waals surface area contributed by atoms with E-state index in [0.717, 1.165) is 24.0 Å². The number of carbonyl (C=O) groups is 1. The summed E-state index contributed by atoms with van der Waals surface area (Å²) < 4.78 is 27.0. The number of sulfonamides is 1. The largest absolute Gasteiger partial charge is 0.294 e. The van der Waals surface area contributed by atoms with Gasteiger partial charge in [-0.05, 0) is 25.3 Å². The van der Waals surface area contributed by atoms with Crippen molar-refractivity contribution in [2.24, 2.45) is 5.92 Å². The first kappa shape index (κ1) is 17.8. The predicted molar refractivity (Wildman–Crippen MR) is 98.9 cm³/mol. The van der Waals surface area contributed by atoms with Crippen molar-refractivity contribution in [3.8, 4) is 0 Å². The van der Waals surface area contributed by atoms with Gasteiger partial charge in [-0.1, -0.05) is 60.2 Å². The molecule has 1 heterocycles. The van der Waals surface area contributed by atoms with Gasteiger partial charge in [-0.25, -0.2) is 12.7 Å². The maximum Gasteiger partial charge on any atom is 0.218 e. The monoisotopic (exact) mass is 357 g/mol. The molecule has 2 aromatic rings. The standard InChI is InChI=1S/C20H23NO3S/c1-16-9-11-17(12-10-16)15-25(23,24)21-13-5-8-19(14-21)20(22)18-6-3-2-4-7-18/h2-4,6-7,9-12,19H,5,8,13-15H2,1H3. The molecule has 1 aliphatic rings. The average Bonchev–Trinajstić information content (AvgIpc) is 2.64. The number of nitrogens with zero attached hydrogens (tertiary/aromatic N) is 1. The molecule has 0 aliphatic carbocycles.